The third-order valence-corrected chi connectivity index (χ3v) is 4.00. The molecule has 1 rings (SSSR count). The Bertz CT molecular complexity index is 230. The highest BCUT2D eigenvalue weighted by Crippen LogP contribution is 2.39. The predicted molar refractivity (Wildman–Crippen MR) is 69.5 cm³/mol. The van der Waals surface area contributed by atoms with Gasteiger partial charge >= 0.3 is 0 Å². The van der Waals surface area contributed by atoms with Crippen LogP contribution in [-0.2, 0) is 0 Å². The molecule has 0 amide bonds. The molecule has 3 N–H and O–H groups in total. The maximum Gasteiger partial charge on any atom is 0.0239 e. The monoisotopic (exact) mass is 222 g/mol. The predicted octanol–water partition coefficient (Wildman–Crippen LogP) is 2.84. The SMILES string of the molecule is C#CCCCC(NN)C1CCC(C)(C)CC1. The second kappa shape index (κ2) is 6.27. The Morgan fingerprint density at radius 3 is 2.56 bits per heavy atom. The lowest BCUT2D eigenvalue weighted by Gasteiger charge is -2.37. The number of unbranched alkanes of at least 4 members (excludes halogenated alkanes) is 1. The van der Waals surface area contributed by atoms with Crippen molar-refractivity contribution in [1.29, 1.82) is 0 Å². The first kappa shape index (κ1) is 13.5. The summed E-state index contributed by atoms with van der Waals surface area (Å²) in [4.78, 5) is 0. The van der Waals surface area contributed by atoms with Crippen molar-refractivity contribution in [2.45, 2.75) is 64.8 Å². The quantitative estimate of drug-likeness (QED) is 0.325. The lowest BCUT2D eigenvalue weighted by Crippen LogP contribution is -2.42. The van der Waals surface area contributed by atoms with Crippen LogP contribution in [0.4, 0.5) is 0 Å². The maximum atomic E-state index is 5.65. The summed E-state index contributed by atoms with van der Waals surface area (Å²) in [5.74, 6) is 9.09. The lowest BCUT2D eigenvalue weighted by molar-refractivity contribution is 0.157. The summed E-state index contributed by atoms with van der Waals surface area (Å²) in [6.07, 6.45) is 13.6. The largest absolute Gasteiger partial charge is 0.271 e. The van der Waals surface area contributed by atoms with E-state index < -0.39 is 0 Å². The van der Waals surface area contributed by atoms with Gasteiger partial charge in [-0.3, -0.25) is 11.3 Å². The van der Waals surface area contributed by atoms with E-state index in [1.807, 2.05) is 0 Å². The maximum absolute atomic E-state index is 5.65. The minimum absolute atomic E-state index is 0.462. The fourth-order valence-corrected chi connectivity index (χ4v) is 2.70. The van der Waals surface area contributed by atoms with Gasteiger partial charge in [0.1, 0.15) is 0 Å². The van der Waals surface area contributed by atoms with E-state index in [1.165, 1.54) is 25.7 Å². The number of hydrazine groups is 1. The van der Waals surface area contributed by atoms with Crippen LogP contribution in [0.15, 0.2) is 0 Å². The average molecular weight is 222 g/mol. The second-order valence-corrected chi connectivity index (χ2v) is 5.87. The van der Waals surface area contributed by atoms with E-state index in [1.54, 1.807) is 0 Å². The molecule has 1 saturated carbocycles. The standard InChI is InChI=1S/C14H26N2/c1-4-5-6-7-13(16-15)12-8-10-14(2,3)11-9-12/h1,12-13,16H,5-11,15H2,2-3H3. The van der Waals surface area contributed by atoms with Crippen molar-refractivity contribution in [3.63, 3.8) is 0 Å². The molecule has 1 atom stereocenters. The Kier molecular flexibility index (Phi) is 5.31. The number of hydrogen-bond donors (Lipinski definition) is 2. The summed E-state index contributed by atoms with van der Waals surface area (Å²) in [5, 5.41) is 0. The van der Waals surface area contributed by atoms with E-state index in [0.29, 0.717) is 11.5 Å². The molecule has 0 aromatic rings. The van der Waals surface area contributed by atoms with Gasteiger partial charge in [0, 0.05) is 12.5 Å². The molecular weight excluding hydrogens is 196 g/mol. The molecule has 92 valence electrons. The molecule has 0 saturated heterocycles. The van der Waals surface area contributed by atoms with Crippen LogP contribution in [0.5, 0.6) is 0 Å². The normalized spacial score (nSPS) is 22.6. The molecule has 1 fully saturated rings. The van der Waals surface area contributed by atoms with Crippen molar-refractivity contribution in [2.24, 2.45) is 17.2 Å². The fraction of sp³-hybridized carbons (Fsp3) is 0.857. The molecule has 0 aromatic carbocycles. The Morgan fingerprint density at radius 1 is 1.44 bits per heavy atom. The summed E-state index contributed by atoms with van der Waals surface area (Å²) in [7, 11) is 0. The zero-order chi connectivity index (χ0) is 12.0. The number of nitrogens with two attached hydrogens (primary N) is 1. The summed E-state index contributed by atoms with van der Waals surface area (Å²) >= 11 is 0. The molecule has 0 aromatic heterocycles. The molecule has 1 aliphatic rings. The second-order valence-electron chi connectivity index (χ2n) is 5.87. The third kappa shape index (κ3) is 4.15. The van der Waals surface area contributed by atoms with Crippen LogP contribution in [0.3, 0.4) is 0 Å². The van der Waals surface area contributed by atoms with Crippen LogP contribution in [0.2, 0.25) is 0 Å². The topological polar surface area (TPSA) is 38.0 Å². The van der Waals surface area contributed by atoms with Crippen molar-refractivity contribution in [2.75, 3.05) is 0 Å². The molecule has 2 heteroatoms. The highest BCUT2D eigenvalue weighted by atomic mass is 15.2. The van der Waals surface area contributed by atoms with E-state index >= 15 is 0 Å². The van der Waals surface area contributed by atoms with Gasteiger partial charge in [0.2, 0.25) is 0 Å². The third-order valence-electron chi connectivity index (χ3n) is 4.00. The van der Waals surface area contributed by atoms with Gasteiger partial charge in [0.25, 0.3) is 0 Å². The first-order chi connectivity index (χ1) is 7.59. The Hall–Kier alpha value is -0.520. The zero-order valence-electron chi connectivity index (χ0n) is 10.8. The fourth-order valence-electron chi connectivity index (χ4n) is 2.70. The van der Waals surface area contributed by atoms with E-state index in [2.05, 4.69) is 25.2 Å². The van der Waals surface area contributed by atoms with Gasteiger partial charge in [-0.05, 0) is 49.9 Å². The van der Waals surface area contributed by atoms with Crippen LogP contribution >= 0.6 is 0 Å². The summed E-state index contributed by atoms with van der Waals surface area (Å²) in [5.41, 5.74) is 3.53. The van der Waals surface area contributed by atoms with Gasteiger partial charge in [-0.2, -0.15) is 0 Å². The Balaban J connectivity index is 2.34. The van der Waals surface area contributed by atoms with Crippen LogP contribution in [0.1, 0.15) is 58.8 Å². The molecule has 16 heavy (non-hydrogen) atoms. The van der Waals surface area contributed by atoms with E-state index in [4.69, 9.17) is 12.3 Å². The van der Waals surface area contributed by atoms with Gasteiger partial charge in [0.05, 0.1) is 0 Å². The van der Waals surface area contributed by atoms with Crippen LogP contribution in [-0.4, -0.2) is 6.04 Å². The smallest absolute Gasteiger partial charge is 0.0239 e. The first-order valence-electron chi connectivity index (χ1n) is 6.48. The molecule has 0 aliphatic heterocycles. The number of hydrogen-bond acceptors (Lipinski definition) is 2. The van der Waals surface area contributed by atoms with Crippen LogP contribution in [0.25, 0.3) is 0 Å². The van der Waals surface area contributed by atoms with Gasteiger partial charge < -0.3 is 0 Å². The van der Waals surface area contributed by atoms with E-state index in [-0.39, 0.29) is 0 Å². The van der Waals surface area contributed by atoms with Gasteiger partial charge in [0.15, 0.2) is 0 Å². The number of rotatable bonds is 5. The molecule has 1 unspecified atom stereocenters. The lowest BCUT2D eigenvalue weighted by atomic mass is 9.70. The average Bonchev–Trinajstić information content (AvgIpc) is 2.25. The first-order valence-corrected chi connectivity index (χ1v) is 6.48. The summed E-state index contributed by atoms with van der Waals surface area (Å²) in [6.45, 7) is 4.74. The molecule has 2 nitrogen and oxygen atoms in total. The van der Waals surface area contributed by atoms with Gasteiger partial charge in [-0.1, -0.05) is 13.8 Å². The Morgan fingerprint density at radius 2 is 2.06 bits per heavy atom. The van der Waals surface area contributed by atoms with E-state index in [9.17, 15) is 0 Å². The van der Waals surface area contributed by atoms with Crippen molar-refractivity contribution in [1.82, 2.24) is 5.43 Å². The number of terminal acetylenes is 1. The van der Waals surface area contributed by atoms with Crippen LogP contribution in [0, 0.1) is 23.7 Å². The molecule has 1 aliphatic carbocycles. The molecule has 0 radical (unpaired) electrons. The minimum Gasteiger partial charge on any atom is -0.271 e. The van der Waals surface area contributed by atoms with Gasteiger partial charge in [-0.25, -0.2) is 0 Å². The zero-order valence-corrected chi connectivity index (χ0v) is 10.8. The summed E-state index contributed by atoms with van der Waals surface area (Å²) < 4.78 is 0. The van der Waals surface area contributed by atoms with Crippen molar-refractivity contribution < 1.29 is 0 Å². The van der Waals surface area contributed by atoms with Gasteiger partial charge in [-0.15, -0.1) is 12.3 Å². The van der Waals surface area contributed by atoms with Crippen molar-refractivity contribution >= 4 is 0 Å². The highest BCUT2D eigenvalue weighted by molar-refractivity contribution is 4.87. The highest BCUT2D eigenvalue weighted by Gasteiger charge is 2.30. The van der Waals surface area contributed by atoms with Crippen LogP contribution < -0.4 is 11.3 Å². The molecule has 0 heterocycles. The Labute approximate surface area is 100 Å². The number of nitrogens with one attached hydrogen (secondary N) is 1. The molecular formula is C14H26N2. The molecule has 0 spiro atoms. The molecule has 0 bridgehead atoms. The summed E-state index contributed by atoms with van der Waals surface area (Å²) in [6, 6.07) is 0.462. The van der Waals surface area contributed by atoms with E-state index in [0.717, 1.165) is 25.2 Å². The van der Waals surface area contributed by atoms with Crippen molar-refractivity contribution in [3.8, 4) is 12.3 Å². The minimum atomic E-state index is 0.462. The van der Waals surface area contributed by atoms with Crippen molar-refractivity contribution in [3.05, 3.63) is 0 Å².